The Morgan fingerprint density at radius 2 is 2.38 bits per heavy atom. The van der Waals surface area contributed by atoms with Gasteiger partial charge in [-0.15, -0.1) is 11.3 Å². The average Bonchev–Trinajstić information content (AvgIpc) is 2.71. The quantitative estimate of drug-likeness (QED) is 0.845. The fraction of sp³-hybridized carbons (Fsp3) is 0.750. The third-order valence-corrected chi connectivity index (χ3v) is 4.69. The normalized spacial score (nSPS) is 27.8. The number of nitrogens with one attached hydrogen (secondary N) is 1. The smallest absolute Gasteiger partial charge is 0.0926 e. The second-order valence-electron chi connectivity index (χ2n) is 5.09. The number of aliphatic hydroxyl groups is 1. The molecule has 1 heterocycles. The van der Waals surface area contributed by atoms with Crippen molar-refractivity contribution in [1.82, 2.24) is 10.3 Å². The Hall–Kier alpha value is -0.450. The van der Waals surface area contributed by atoms with Crippen molar-refractivity contribution >= 4 is 11.3 Å². The van der Waals surface area contributed by atoms with Crippen LogP contribution in [0.25, 0.3) is 0 Å². The van der Waals surface area contributed by atoms with Crippen LogP contribution >= 0.6 is 11.3 Å². The lowest BCUT2D eigenvalue weighted by atomic mass is 9.64. The monoisotopic (exact) mass is 240 g/mol. The van der Waals surface area contributed by atoms with Gasteiger partial charge in [-0.3, -0.25) is 0 Å². The second kappa shape index (κ2) is 4.43. The minimum atomic E-state index is -0.161. The third-order valence-electron chi connectivity index (χ3n) is 3.65. The van der Waals surface area contributed by atoms with E-state index in [0.717, 1.165) is 25.1 Å². The molecule has 3 nitrogen and oxygen atoms in total. The SMILES string of the molecule is CCc1nc(CNC2CC(O)C2(C)C)cs1. The van der Waals surface area contributed by atoms with E-state index < -0.39 is 0 Å². The number of rotatable bonds is 4. The Bertz CT molecular complexity index is 362. The Balaban J connectivity index is 1.84. The third kappa shape index (κ3) is 2.14. The predicted molar refractivity (Wildman–Crippen MR) is 66.5 cm³/mol. The highest BCUT2D eigenvalue weighted by Gasteiger charge is 2.46. The molecule has 1 saturated carbocycles. The Morgan fingerprint density at radius 3 is 2.88 bits per heavy atom. The highest BCUT2D eigenvalue weighted by Crippen LogP contribution is 2.40. The summed E-state index contributed by atoms with van der Waals surface area (Å²) in [5.41, 5.74) is 1.13. The largest absolute Gasteiger partial charge is 0.392 e. The van der Waals surface area contributed by atoms with Crippen molar-refractivity contribution < 1.29 is 5.11 Å². The zero-order valence-electron chi connectivity index (χ0n) is 10.2. The van der Waals surface area contributed by atoms with Gasteiger partial charge in [-0.25, -0.2) is 4.98 Å². The van der Waals surface area contributed by atoms with Crippen LogP contribution in [0.1, 0.15) is 37.9 Å². The number of hydrogen-bond donors (Lipinski definition) is 2. The summed E-state index contributed by atoms with van der Waals surface area (Å²) in [4.78, 5) is 4.52. The van der Waals surface area contributed by atoms with Crippen molar-refractivity contribution in [3.63, 3.8) is 0 Å². The standard InChI is InChI=1S/C12H20N2OS/c1-4-11-14-8(7-16-11)6-13-9-5-10(15)12(9,2)3/h7,9-10,13,15H,4-6H2,1-3H3. The summed E-state index contributed by atoms with van der Waals surface area (Å²) < 4.78 is 0. The van der Waals surface area contributed by atoms with Crippen LogP contribution in [0, 0.1) is 5.41 Å². The first-order valence-electron chi connectivity index (χ1n) is 5.88. The van der Waals surface area contributed by atoms with Crippen molar-refractivity contribution in [2.24, 2.45) is 5.41 Å². The second-order valence-corrected chi connectivity index (χ2v) is 6.04. The predicted octanol–water partition coefficient (Wildman–Crippen LogP) is 1.95. The molecule has 2 atom stereocenters. The lowest BCUT2D eigenvalue weighted by molar-refractivity contribution is -0.0730. The van der Waals surface area contributed by atoms with Gasteiger partial charge in [0.15, 0.2) is 0 Å². The first-order valence-corrected chi connectivity index (χ1v) is 6.76. The van der Waals surface area contributed by atoms with Crippen molar-refractivity contribution in [1.29, 1.82) is 0 Å². The number of thiazole rings is 1. The number of hydrogen-bond acceptors (Lipinski definition) is 4. The van der Waals surface area contributed by atoms with Gasteiger partial charge in [-0.2, -0.15) is 0 Å². The van der Waals surface area contributed by atoms with Crippen LogP contribution < -0.4 is 5.32 Å². The molecule has 1 aliphatic carbocycles. The molecule has 2 N–H and O–H groups in total. The summed E-state index contributed by atoms with van der Waals surface area (Å²) in [6.07, 6.45) is 1.71. The van der Waals surface area contributed by atoms with Gasteiger partial charge in [0, 0.05) is 23.4 Å². The topological polar surface area (TPSA) is 45.2 Å². The van der Waals surface area contributed by atoms with Crippen LogP contribution in [-0.4, -0.2) is 22.2 Å². The van der Waals surface area contributed by atoms with E-state index in [1.165, 1.54) is 5.01 Å². The van der Waals surface area contributed by atoms with Gasteiger partial charge in [0.1, 0.15) is 0 Å². The highest BCUT2D eigenvalue weighted by molar-refractivity contribution is 7.09. The molecule has 0 bridgehead atoms. The maximum absolute atomic E-state index is 9.63. The van der Waals surface area contributed by atoms with Crippen LogP contribution in [0.4, 0.5) is 0 Å². The van der Waals surface area contributed by atoms with Crippen molar-refractivity contribution in [3.05, 3.63) is 16.1 Å². The lowest BCUT2D eigenvalue weighted by Crippen LogP contribution is -2.59. The van der Waals surface area contributed by atoms with Gasteiger partial charge in [-0.1, -0.05) is 20.8 Å². The average molecular weight is 240 g/mol. The fourth-order valence-corrected chi connectivity index (χ4v) is 2.81. The summed E-state index contributed by atoms with van der Waals surface area (Å²) in [6.45, 7) is 7.16. The van der Waals surface area contributed by atoms with Gasteiger partial charge in [-0.05, 0) is 12.8 Å². The zero-order valence-corrected chi connectivity index (χ0v) is 11.0. The van der Waals surface area contributed by atoms with E-state index in [2.05, 4.69) is 36.5 Å². The minimum absolute atomic E-state index is 0.00358. The molecule has 1 fully saturated rings. The molecule has 0 amide bonds. The van der Waals surface area contributed by atoms with Crippen LogP contribution in [-0.2, 0) is 13.0 Å². The van der Waals surface area contributed by atoms with Crippen LogP contribution in [0.2, 0.25) is 0 Å². The van der Waals surface area contributed by atoms with E-state index in [1.807, 2.05) is 0 Å². The van der Waals surface area contributed by atoms with E-state index in [-0.39, 0.29) is 11.5 Å². The minimum Gasteiger partial charge on any atom is -0.392 e. The number of aryl methyl sites for hydroxylation is 1. The molecule has 0 spiro atoms. The summed E-state index contributed by atoms with van der Waals surface area (Å²) in [5, 5.41) is 16.4. The van der Waals surface area contributed by atoms with Crippen LogP contribution in [0.15, 0.2) is 5.38 Å². The van der Waals surface area contributed by atoms with Gasteiger partial charge >= 0.3 is 0 Å². The van der Waals surface area contributed by atoms with Gasteiger partial charge in [0.25, 0.3) is 0 Å². The Kier molecular flexibility index (Phi) is 3.33. The molecular weight excluding hydrogens is 220 g/mol. The van der Waals surface area contributed by atoms with Crippen molar-refractivity contribution in [2.45, 2.75) is 52.3 Å². The highest BCUT2D eigenvalue weighted by atomic mass is 32.1. The maximum atomic E-state index is 9.63. The maximum Gasteiger partial charge on any atom is 0.0926 e. The van der Waals surface area contributed by atoms with E-state index in [4.69, 9.17) is 0 Å². The van der Waals surface area contributed by atoms with Crippen LogP contribution in [0.5, 0.6) is 0 Å². The van der Waals surface area contributed by atoms with E-state index in [9.17, 15) is 5.11 Å². The van der Waals surface area contributed by atoms with E-state index in [0.29, 0.717) is 6.04 Å². The molecule has 4 heteroatoms. The lowest BCUT2D eigenvalue weighted by Gasteiger charge is -2.49. The van der Waals surface area contributed by atoms with E-state index in [1.54, 1.807) is 11.3 Å². The molecule has 0 aliphatic heterocycles. The first kappa shape index (κ1) is 12.0. The van der Waals surface area contributed by atoms with E-state index >= 15 is 0 Å². The molecule has 0 aromatic carbocycles. The number of nitrogens with zero attached hydrogens (tertiary/aromatic N) is 1. The molecule has 2 unspecified atom stereocenters. The zero-order chi connectivity index (χ0) is 11.8. The van der Waals surface area contributed by atoms with Gasteiger partial charge < -0.3 is 10.4 Å². The molecular formula is C12H20N2OS. The van der Waals surface area contributed by atoms with Crippen LogP contribution in [0.3, 0.4) is 0 Å². The summed E-state index contributed by atoms with van der Waals surface area (Å²) in [7, 11) is 0. The molecule has 2 rings (SSSR count). The molecule has 0 radical (unpaired) electrons. The number of aliphatic hydroxyl groups excluding tert-OH is 1. The van der Waals surface area contributed by atoms with Gasteiger partial charge in [0.05, 0.1) is 16.8 Å². The molecule has 16 heavy (non-hydrogen) atoms. The molecule has 90 valence electrons. The fourth-order valence-electron chi connectivity index (χ4n) is 2.07. The molecule has 1 aliphatic rings. The summed E-state index contributed by atoms with van der Waals surface area (Å²) in [6, 6.07) is 0.411. The first-order chi connectivity index (χ1) is 7.54. The molecule has 1 aromatic rings. The van der Waals surface area contributed by atoms with Crippen molar-refractivity contribution in [3.8, 4) is 0 Å². The summed E-state index contributed by atoms with van der Waals surface area (Å²) >= 11 is 1.73. The molecule has 0 saturated heterocycles. The molecule has 1 aromatic heterocycles. The Labute approximate surface area is 101 Å². The van der Waals surface area contributed by atoms with Gasteiger partial charge in [0.2, 0.25) is 0 Å². The number of aromatic nitrogens is 1. The Morgan fingerprint density at radius 1 is 1.62 bits per heavy atom. The summed E-state index contributed by atoms with van der Waals surface area (Å²) in [5.74, 6) is 0. The van der Waals surface area contributed by atoms with Crippen molar-refractivity contribution in [2.75, 3.05) is 0 Å².